The molecule has 102 valence electrons. The van der Waals surface area contributed by atoms with Crippen LogP contribution < -0.4 is 5.32 Å². The van der Waals surface area contributed by atoms with Gasteiger partial charge in [0.05, 0.1) is 10.6 Å². The molecule has 4 heteroatoms. The lowest BCUT2D eigenvalue weighted by Crippen LogP contribution is -2.12. The summed E-state index contributed by atoms with van der Waals surface area (Å²) >= 11 is 9.42. The average Bonchev–Trinajstić information content (AvgIpc) is 2.89. The van der Waals surface area contributed by atoms with Crippen molar-refractivity contribution in [3.63, 3.8) is 0 Å². The third-order valence-corrected chi connectivity index (χ3v) is 4.35. The average molecular weight is 351 g/mol. The second-order valence-corrected chi connectivity index (χ2v) is 6.24. The predicted octanol–water partition coefficient (Wildman–Crippen LogP) is 4.84. The van der Waals surface area contributed by atoms with Gasteiger partial charge in [-0.3, -0.25) is 4.79 Å². The summed E-state index contributed by atoms with van der Waals surface area (Å²) in [7, 11) is 0. The number of hydrogen-bond acceptors (Lipinski definition) is 1. The first-order valence-electron chi connectivity index (χ1n) is 6.52. The Labute approximate surface area is 131 Å². The van der Waals surface area contributed by atoms with Gasteiger partial charge in [-0.25, -0.2) is 0 Å². The van der Waals surface area contributed by atoms with Crippen LogP contribution in [-0.4, -0.2) is 5.91 Å². The van der Waals surface area contributed by atoms with Crippen LogP contribution in [0.15, 0.2) is 40.9 Å². The molecule has 0 saturated heterocycles. The molecule has 0 bridgehead atoms. The highest BCUT2D eigenvalue weighted by atomic mass is 79.9. The second kappa shape index (κ2) is 5.58. The first-order valence-corrected chi connectivity index (χ1v) is 7.69. The zero-order chi connectivity index (χ0) is 14.1. The van der Waals surface area contributed by atoms with Crippen LogP contribution in [0.4, 0.5) is 5.69 Å². The molecule has 0 saturated carbocycles. The maximum atomic E-state index is 12.3. The lowest BCUT2D eigenvalue weighted by Gasteiger charge is -2.09. The first-order chi connectivity index (χ1) is 9.63. The highest BCUT2D eigenvalue weighted by molar-refractivity contribution is 9.10. The van der Waals surface area contributed by atoms with Crippen LogP contribution >= 0.6 is 27.5 Å². The highest BCUT2D eigenvalue weighted by Gasteiger charge is 2.14. The summed E-state index contributed by atoms with van der Waals surface area (Å²) in [5.74, 6) is -0.186. The minimum absolute atomic E-state index is 0.186. The monoisotopic (exact) mass is 349 g/mol. The zero-order valence-corrected chi connectivity index (χ0v) is 13.1. The van der Waals surface area contributed by atoms with Gasteiger partial charge in [0.15, 0.2) is 0 Å². The number of fused-ring (bicyclic) bond motifs is 1. The minimum Gasteiger partial charge on any atom is -0.322 e. The van der Waals surface area contributed by atoms with E-state index in [2.05, 4.69) is 33.4 Å². The van der Waals surface area contributed by atoms with Crippen molar-refractivity contribution in [3.05, 3.63) is 62.6 Å². The molecule has 0 unspecified atom stereocenters. The van der Waals surface area contributed by atoms with Gasteiger partial charge in [0.25, 0.3) is 5.91 Å². The third kappa shape index (κ3) is 2.74. The molecule has 2 nitrogen and oxygen atoms in total. The van der Waals surface area contributed by atoms with Crippen molar-refractivity contribution >= 4 is 39.1 Å². The number of carbonyl (C=O) groups excluding carboxylic acids is 1. The van der Waals surface area contributed by atoms with Crippen LogP contribution in [0.3, 0.4) is 0 Å². The molecule has 3 rings (SSSR count). The Morgan fingerprint density at radius 2 is 1.90 bits per heavy atom. The van der Waals surface area contributed by atoms with E-state index in [1.54, 1.807) is 12.1 Å². The largest absolute Gasteiger partial charge is 0.322 e. The number of carbonyl (C=O) groups is 1. The number of rotatable bonds is 2. The first kappa shape index (κ1) is 13.7. The Balaban J connectivity index is 1.84. The maximum Gasteiger partial charge on any atom is 0.257 e. The van der Waals surface area contributed by atoms with Gasteiger partial charge in [0.2, 0.25) is 0 Å². The van der Waals surface area contributed by atoms with Crippen molar-refractivity contribution < 1.29 is 4.79 Å². The van der Waals surface area contributed by atoms with Crippen LogP contribution in [0.25, 0.3) is 0 Å². The van der Waals surface area contributed by atoms with Crippen LogP contribution in [-0.2, 0) is 12.8 Å². The second-order valence-electron chi connectivity index (χ2n) is 4.92. The van der Waals surface area contributed by atoms with E-state index in [1.807, 2.05) is 12.1 Å². The molecule has 1 N–H and O–H groups in total. The van der Waals surface area contributed by atoms with E-state index in [0.29, 0.717) is 10.6 Å². The molecule has 0 spiro atoms. The molecule has 2 aromatic carbocycles. The number of anilines is 1. The Morgan fingerprint density at radius 1 is 1.10 bits per heavy atom. The summed E-state index contributed by atoms with van der Waals surface area (Å²) in [5.41, 5.74) is 4.03. The maximum absolute atomic E-state index is 12.3. The van der Waals surface area contributed by atoms with Gasteiger partial charge in [0.1, 0.15) is 0 Å². The summed E-state index contributed by atoms with van der Waals surface area (Å²) in [6, 6.07) is 11.4. The van der Waals surface area contributed by atoms with E-state index >= 15 is 0 Å². The van der Waals surface area contributed by atoms with Gasteiger partial charge >= 0.3 is 0 Å². The highest BCUT2D eigenvalue weighted by Crippen LogP contribution is 2.26. The van der Waals surface area contributed by atoms with Gasteiger partial charge in [0, 0.05) is 10.2 Å². The summed E-state index contributed by atoms with van der Waals surface area (Å²) in [5, 5.41) is 3.36. The molecule has 0 atom stereocenters. The fourth-order valence-corrected chi connectivity index (χ4v) is 3.08. The molecule has 2 aromatic rings. The van der Waals surface area contributed by atoms with Gasteiger partial charge < -0.3 is 5.32 Å². The van der Waals surface area contributed by atoms with Crippen molar-refractivity contribution in [2.45, 2.75) is 19.3 Å². The molecule has 0 radical (unpaired) electrons. The van der Waals surface area contributed by atoms with E-state index in [4.69, 9.17) is 11.6 Å². The quantitative estimate of drug-likeness (QED) is 0.824. The minimum atomic E-state index is -0.186. The number of hydrogen-bond donors (Lipinski definition) is 1. The van der Waals surface area contributed by atoms with Crippen LogP contribution in [0.1, 0.15) is 27.9 Å². The normalized spacial score (nSPS) is 13.1. The van der Waals surface area contributed by atoms with Gasteiger partial charge in [-0.1, -0.05) is 33.6 Å². The van der Waals surface area contributed by atoms with Crippen molar-refractivity contribution in [1.82, 2.24) is 0 Å². The summed E-state index contributed by atoms with van der Waals surface area (Å²) in [6.45, 7) is 0. The number of nitrogens with one attached hydrogen (secondary N) is 1. The molecule has 1 amide bonds. The van der Waals surface area contributed by atoms with Crippen LogP contribution in [0, 0.1) is 0 Å². The van der Waals surface area contributed by atoms with Crippen LogP contribution in [0.5, 0.6) is 0 Å². The Kier molecular flexibility index (Phi) is 3.81. The third-order valence-electron chi connectivity index (χ3n) is 3.53. The molecule has 0 fully saturated rings. The summed E-state index contributed by atoms with van der Waals surface area (Å²) in [6.07, 6.45) is 3.43. The van der Waals surface area contributed by atoms with Crippen molar-refractivity contribution in [2.24, 2.45) is 0 Å². The van der Waals surface area contributed by atoms with E-state index in [-0.39, 0.29) is 5.91 Å². The van der Waals surface area contributed by atoms with Crippen molar-refractivity contribution in [3.8, 4) is 0 Å². The molecular formula is C16H13BrClNO. The van der Waals surface area contributed by atoms with Crippen LogP contribution in [0.2, 0.25) is 5.02 Å². The smallest absolute Gasteiger partial charge is 0.257 e. The predicted molar refractivity (Wildman–Crippen MR) is 85.6 cm³/mol. The van der Waals surface area contributed by atoms with Crippen molar-refractivity contribution in [2.75, 3.05) is 5.32 Å². The topological polar surface area (TPSA) is 29.1 Å². The fourth-order valence-electron chi connectivity index (χ4n) is 2.52. The summed E-state index contributed by atoms with van der Waals surface area (Å²) in [4.78, 5) is 12.3. The van der Waals surface area contributed by atoms with Gasteiger partial charge in [-0.05, 0) is 60.7 Å². The van der Waals surface area contributed by atoms with Crippen molar-refractivity contribution in [1.29, 1.82) is 0 Å². The number of aryl methyl sites for hydroxylation is 2. The lowest BCUT2D eigenvalue weighted by molar-refractivity contribution is 0.102. The Morgan fingerprint density at radius 3 is 2.75 bits per heavy atom. The molecule has 1 aliphatic carbocycles. The van der Waals surface area contributed by atoms with Gasteiger partial charge in [-0.2, -0.15) is 0 Å². The zero-order valence-electron chi connectivity index (χ0n) is 10.7. The molecule has 20 heavy (non-hydrogen) atoms. The van der Waals surface area contributed by atoms with E-state index in [1.165, 1.54) is 17.5 Å². The lowest BCUT2D eigenvalue weighted by atomic mass is 10.1. The van der Waals surface area contributed by atoms with Gasteiger partial charge in [-0.15, -0.1) is 0 Å². The number of halogens is 2. The number of amides is 1. The molecule has 0 heterocycles. The van der Waals surface area contributed by atoms with E-state index < -0.39 is 0 Å². The SMILES string of the molecule is O=C(Nc1ccc2c(c1)CCC2)c1cc(Br)ccc1Cl. The van der Waals surface area contributed by atoms with E-state index in [9.17, 15) is 4.79 Å². The fraction of sp³-hybridized carbons (Fsp3) is 0.188. The van der Waals surface area contributed by atoms with E-state index in [0.717, 1.165) is 23.0 Å². The Hall–Kier alpha value is -1.32. The summed E-state index contributed by atoms with van der Waals surface area (Å²) < 4.78 is 0.834. The standard InChI is InChI=1S/C16H13BrClNO/c17-12-5-7-15(18)14(9-12)16(20)19-13-6-4-10-2-1-3-11(10)8-13/h4-9H,1-3H2,(H,19,20). The molecular weight excluding hydrogens is 338 g/mol. The number of benzene rings is 2. The molecule has 1 aliphatic rings. The molecule has 0 aliphatic heterocycles. The Bertz CT molecular complexity index is 684. The molecule has 0 aromatic heterocycles.